The monoisotopic (exact) mass is 593 g/mol. The molecule has 0 saturated carbocycles. The number of nitrogens with one attached hydrogen (secondary N) is 1. The van der Waals surface area contributed by atoms with Crippen molar-refractivity contribution in [2.75, 3.05) is 12.0 Å². The molecule has 0 bridgehead atoms. The Morgan fingerprint density at radius 1 is 1.21 bits per heavy atom. The molecule has 0 aromatic rings. The molecule has 1 unspecified atom stereocenters. The van der Waals surface area contributed by atoms with Gasteiger partial charge in [-0.05, 0) is 44.9 Å². The molecule has 0 aliphatic carbocycles. The van der Waals surface area contributed by atoms with E-state index in [-0.39, 0.29) is 41.6 Å². The van der Waals surface area contributed by atoms with Crippen LogP contribution >= 0.6 is 35.0 Å². The summed E-state index contributed by atoms with van der Waals surface area (Å²) < 4.78 is 10.8. The Hall–Kier alpha value is -2.02. The van der Waals surface area contributed by atoms with Crippen LogP contribution in [0.15, 0.2) is 21.7 Å². The van der Waals surface area contributed by atoms with Crippen molar-refractivity contribution in [3.63, 3.8) is 0 Å². The summed E-state index contributed by atoms with van der Waals surface area (Å²) in [4.78, 5) is 61.7. The number of allylic oxidation sites excluding steroid dienone is 4. The van der Waals surface area contributed by atoms with Crippen molar-refractivity contribution in [2.24, 2.45) is 11.8 Å². The Balaban J connectivity index is 3.15. The van der Waals surface area contributed by atoms with Crippen LogP contribution in [-0.2, 0) is 33.3 Å². The van der Waals surface area contributed by atoms with E-state index in [2.05, 4.69) is 5.32 Å². The molecule has 0 aromatic carbocycles. The van der Waals surface area contributed by atoms with E-state index in [1.807, 2.05) is 13.8 Å². The number of amides is 1. The molecule has 1 aliphatic heterocycles. The predicted octanol–water partition coefficient (Wildman–Crippen LogP) is 3.79. The van der Waals surface area contributed by atoms with Crippen LogP contribution in [0, 0.1) is 11.8 Å². The number of carbonyl (C=O) groups is 5. The largest absolute Gasteiger partial charge is 0.552 e. The van der Waals surface area contributed by atoms with Gasteiger partial charge >= 0.3 is 19.1 Å². The van der Waals surface area contributed by atoms with Gasteiger partial charge in [0.15, 0.2) is 11.4 Å². The van der Waals surface area contributed by atoms with Gasteiger partial charge in [0.1, 0.15) is 0 Å². The third kappa shape index (κ3) is 10.6. The second-order valence-corrected chi connectivity index (χ2v) is 11.6. The van der Waals surface area contributed by atoms with Crippen LogP contribution in [0.5, 0.6) is 0 Å². The topological polar surface area (TPSA) is 156 Å². The van der Waals surface area contributed by atoms with Crippen LogP contribution < -0.4 is 5.32 Å². The smallest absolute Gasteiger partial charge is 0.508 e. The molecule has 1 rings (SSSR count). The lowest BCUT2D eigenvalue weighted by Gasteiger charge is -2.38. The van der Waals surface area contributed by atoms with Crippen LogP contribution in [-0.4, -0.2) is 70.5 Å². The molecule has 0 aromatic heterocycles. The van der Waals surface area contributed by atoms with Crippen molar-refractivity contribution in [2.45, 2.75) is 71.3 Å². The Morgan fingerprint density at radius 2 is 1.84 bits per heavy atom. The van der Waals surface area contributed by atoms with Gasteiger partial charge in [-0.25, -0.2) is 4.79 Å². The number of carboxylic acids is 2. The maximum Gasteiger partial charge on any atom is 0.552 e. The van der Waals surface area contributed by atoms with Gasteiger partial charge in [0.2, 0.25) is 5.91 Å². The summed E-state index contributed by atoms with van der Waals surface area (Å²) in [7, 11) is -1.51. The molecular weight excluding hydrogens is 560 g/mol. The molecule has 10 nitrogen and oxygen atoms in total. The van der Waals surface area contributed by atoms with Crippen molar-refractivity contribution < 1.29 is 43.5 Å². The first-order valence-corrected chi connectivity index (χ1v) is 14.1. The molecule has 1 saturated heterocycles. The Labute approximate surface area is 237 Å². The molecule has 212 valence electrons. The van der Waals surface area contributed by atoms with Crippen molar-refractivity contribution in [1.29, 1.82) is 0 Å². The summed E-state index contributed by atoms with van der Waals surface area (Å²) in [5, 5.41) is 22.4. The Kier molecular flexibility index (Phi) is 13.9. The number of hydrogen-bond acceptors (Lipinski definition) is 8. The Morgan fingerprint density at radius 3 is 2.32 bits per heavy atom. The first-order valence-electron chi connectivity index (χ1n) is 12.0. The van der Waals surface area contributed by atoms with Gasteiger partial charge in [-0.1, -0.05) is 37.0 Å². The summed E-state index contributed by atoms with van der Waals surface area (Å²) in [5.41, 5.74) is -2.07. The molecule has 1 heterocycles. The molecule has 3 atom stereocenters. The number of Topliss-reactive ketones (excluding diaryl/α,β-unsaturated/α-hetero) is 1. The molecule has 0 radical (unpaired) electrons. The molecule has 1 fully saturated rings. The normalized spacial score (nSPS) is 20.4. The van der Waals surface area contributed by atoms with Gasteiger partial charge in [-0.3, -0.25) is 19.2 Å². The van der Waals surface area contributed by atoms with Gasteiger partial charge in [0, 0.05) is 33.7 Å². The van der Waals surface area contributed by atoms with E-state index < -0.39 is 61.2 Å². The standard InChI is InChI=1S/C24H34BCl2NO9S/c1-13(2)8-19(25-36-21(32)11-24(37-25,23(34)35)10-20(30)31)28-22(33)16(12-38-5)6-7-18(29)17(15(4)27)9-14(3)26/h9,13,16,19H,6-8,10-12H2,1-5H3,(H,28,33)(H,30,31)(H,34,35)/b14-9+,17-15-/t16-,19-,24?/m0/s1. The highest BCUT2D eigenvalue weighted by atomic mass is 35.5. The second-order valence-electron chi connectivity index (χ2n) is 9.56. The zero-order valence-electron chi connectivity index (χ0n) is 22.0. The summed E-state index contributed by atoms with van der Waals surface area (Å²) in [6.45, 7) is 6.88. The van der Waals surface area contributed by atoms with E-state index in [9.17, 15) is 34.2 Å². The second kappa shape index (κ2) is 15.5. The van der Waals surface area contributed by atoms with E-state index in [0.29, 0.717) is 10.8 Å². The lowest BCUT2D eigenvalue weighted by atomic mass is 9.70. The minimum Gasteiger partial charge on any atom is -0.508 e. The van der Waals surface area contributed by atoms with E-state index in [4.69, 9.17) is 32.5 Å². The minimum absolute atomic E-state index is 0.0171. The van der Waals surface area contributed by atoms with Gasteiger partial charge < -0.3 is 24.8 Å². The first-order chi connectivity index (χ1) is 17.6. The van der Waals surface area contributed by atoms with Gasteiger partial charge in [0.05, 0.1) is 18.8 Å². The lowest BCUT2D eigenvalue weighted by Crippen LogP contribution is -2.61. The molecule has 38 heavy (non-hydrogen) atoms. The first kappa shape index (κ1) is 34.0. The SMILES string of the molecule is CSC[C@H](CCC(=O)C(/C=C(\C)Cl)=C(/C)Cl)C(=O)N[C@@H](CC(C)C)B1OC(=O)CC(CC(=O)O)(C(=O)O)O1. The summed E-state index contributed by atoms with van der Waals surface area (Å²) in [5.74, 6) is -5.99. The fourth-order valence-corrected chi connectivity index (χ4v) is 4.95. The number of carbonyl (C=O) groups excluding carboxylic acids is 3. The van der Waals surface area contributed by atoms with Crippen LogP contribution in [0.4, 0.5) is 0 Å². The van der Waals surface area contributed by atoms with Crippen LogP contribution in [0.3, 0.4) is 0 Å². The molecule has 3 N–H and O–H groups in total. The van der Waals surface area contributed by atoms with Gasteiger partial charge in [0.25, 0.3) is 5.97 Å². The third-order valence-electron chi connectivity index (χ3n) is 5.70. The van der Waals surface area contributed by atoms with Crippen molar-refractivity contribution in [1.82, 2.24) is 5.32 Å². The number of aliphatic carboxylic acids is 2. The van der Waals surface area contributed by atoms with E-state index in [1.54, 1.807) is 20.1 Å². The summed E-state index contributed by atoms with van der Waals surface area (Å²) in [6.07, 6.45) is 1.98. The van der Waals surface area contributed by atoms with Crippen molar-refractivity contribution >= 4 is 71.7 Å². The molecule has 1 amide bonds. The van der Waals surface area contributed by atoms with E-state index in [0.717, 1.165) is 0 Å². The highest BCUT2D eigenvalue weighted by Gasteiger charge is 2.54. The quantitative estimate of drug-likeness (QED) is 0.145. The average molecular weight is 594 g/mol. The number of ketones is 1. The number of thioether (sulfide) groups is 1. The van der Waals surface area contributed by atoms with Crippen LogP contribution in [0.25, 0.3) is 0 Å². The average Bonchev–Trinajstić information content (AvgIpc) is 2.77. The zero-order chi connectivity index (χ0) is 29.2. The van der Waals surface area contributed by atoms with E-state index in [1.165, 1.54) is 17.8 Å². The zero-order valence-corrected chi connectivity index (χ0v) is 24.4. The summed E-state index contributed by atoms with van der Waals surface area (Å²) in [6, 6.07) is 0. The maximum atomic E-state index is 13.3. The number of hydrogen-bond donors (Lipinski definition) is 3. The van der Waals surface area contributed by atoms with Gasteiger partial charge in [-0.2, -0.15) is 11.8 Å². The van der Waals surface area contributed by atoms with Crippen LogP contribution in [0.2, 0.25) is 0 Å². The molecular formula is C24H34BCl2NO9S. The lowest BCUT2D eigenvalue weighted by molar-refractivity contribution is -0.175. The van der Waals surface area contributed by atoms with Crippen LogP contribution in [0.1, 0.15) is 59.8 Å². The predicted molar refractivity (Wildman–Crippen MR) is 146 cm³/mol. The molecule has 14 heteroatoms. The third-order valence-corrected chi connectivity index (χ3v) is 6.75. The molecule has 1 aliphatic rings. The van der Waals surface area contributed by atoms with Gasteiger partial charge in [-0.15, -0.1) is 0 Å². The highest BCUT2D eigenvalue weighted by molar-refractivity contribution is 7.98. The van der Waals surface area contributed by atoms with Crippen molar-refractivity contribution in [3.8, 4) is 0 Å². The summed E-state index contributed by atoms with van der Waals surface area (Å²) >= 11 is 13.4. The minimum atomic E-state index is -2.33. The fourth-order valence-electron chi connectivity index (χ4n) is 3.96. The fraction of sp³-hybridized carbons (Fsp3) is 0.625. The maximum absolute atomic E-state index is 13.3. The number of rotatable bonds is 15. The van der Waals surface area contributed by atoms with Crippen molar-refractivity contribution in [3.05, 3.63) is 21.7 Å². The highest BCUT2D eigenvalue weighted by Crippen LogP contribution is 2.30. The Bertz CT molecular complexity index is 976. The molecule has 0 spiro atoms. The number of carboxylic acid groups (broad SMARTS) is 2. The number of halogens is 2. The van der Waals surface area contributed by atoms with E-state index >= 15 is 0 Å².